The van der Waals surface area contributed by atoms with Crippen LogP contribution in [-0.2, 0) is 22.3 Å². The van der Waals surface area contributed by atoms with Gasteiger partial charge >= 0.3 is 12.1 Å². The van der Waals surface area contributed by atoms with E-state index in [0.29, 0.717) is 41.8 Å². The van der Waals surface area contributed by atoms with Crippen molar-refractivity contribution in [1.82, 2.24) is 9.88 Å². The Hall–Kier alpha value is -2.92. The van der Waals surface area contributed by atoms with Gasteiger partial charge in [0, 0.05) is 38.8 Å². The molecule has 36 heavy (non-hydrogen) atoms. The molecule has 0 atom stereocenters. The number of aryl methyl sites for hydroxylation is 1. The summed E-state index contributed by atoms with van der Waals surface area (Å²) in [5.74, 6) is -1.12. The number of thiazole rings is 1. The summed E-state index contributed by atoms with van der Waals surface area (Å²) in [6.07, 6.45) is -3.90. The van der Waals surface area contributed by atoms with Gasteiger partial charge in [-0.2, -0.15) is 13.2 Å². The summed E-state index contributed by atoms with van der Waals surface area (Å²) in [5.41, 5.74) is 1.04. The standard InChI is InChI=1S/C25H27F4N3O3S/c1-3-34-23(33)15-35-18-10-16(2)9-17(11-18)14-31-5-4-6-32(8-7-31)24-30-21-13-20(26)19(25(27,28)29)12-22(21)36-24/h9-13H,3-8,14-15H2,1-2H3. The lowest BCUT2D eigenvalue weighted by molar-refractivity contribution is -0.145. The van der Waals surface area contributed by atoms with Gasteiger partial charge in [0.2, 0.25) is 0 Å². The fourth-order valence-corrected chi connectivity index (χ4v) is 5.25. The van der Waals surface area contributed by atoms with Crippen molar-refractivity contribution in [3.63, 3.8) is 0 Å². The molecule has 4 rings (SSSR count). The van der Waals surface area contributed by atoms with E-state index in [1.165, 1.54) is 0 Å². The second-order valence-corrected chi connectivity index (χ2v) is 9.67. The molecule has 1 aliphatic heterocycles. The summed E-state index contributed by atoms with van der Waals surface area (Å²) < 4.78 is 64.0. The van der Waals surface area contributed by atoms with E-state index in [-0.39, 0.29) is 12.1 Å². The topological polar surface area (TPSA) is 54.9 Å². The summed E-state index contributed by atoms with van der Waals surface area (Å²) in [5, 5.41) is 0.593. The molecule has 3 aromatic rings. The molecule has 1 aromatic heterocycles. The molecule has 0 N–H and O–H groups in total. The zero-order chi connectivity index (χ0) is 25.9. The first kappa shape index (κ1) is 26.2. The molecule has 6 nitrogen and oxygen atoms in total. The minimum atomic E-state index is -4.74. The fourth-order valence-electron chi connectivity index (χ4n) is 4.21. The SMILES string of the molecule is CCOC(=O)COc1cc(C)cc(CN2CCCN(c3nc4cc(F)c(C(F)(F)F)cc4s3)CC2)c1. The number of carbonyl (C=O) groups is 1. The second kappa shape index (κ2) is 11.0. The van der Waals surface area contributed by atoms with Gasteiger partial charge in [0.1, 0.15) is 11.6 Å². The van der Waals surface area contributed by atoms with E-state index in [4.69, 9.17) is 9.47 Å². The number of ether oxygens (including phenoxy) is 2. The lowest BCUT2D eigenvalue weighted by atomic mass is 10.1. The number of nitrogens with zero attached hydrogens (tertiary/aromatic N) is 3. The molecule has 0 aliphatic carbocycles. The number of benzene rings is 2. The zero-order valence-corrected chi connectivity index (χ0v) is 20.8. The van der Waals surface area contributed by atoms with Crippen molar-refractivity contribution in [2.45, 2.75) is 33.0 Å². The van der Waals surface area contributed by atoms with Crippen LogP contribution in [0.5, 0.6) is 5.75 Å². The highest BCUT2D eigenvalue weighted by molar-refractivity contribution is 7.22. The third-order valence-electron chi connectivity index (χ3n) is 5.81. The van der Waals surface area contributed by atoms with Crippen LogP contribution in [0, 0.1) is 12.7 Å². The van der Waals surface area contributed by atoms with Gasteiger partial charge in [-0.3, -0.25) is 4.90 Å². The molecule has 0 saturated carbocycles. The van der Waals surface area contributed by atoms with Crippen molar-refractivity contribution in [3.8, 4) is 5.75 Å². The van der Waals surface area contributed by atoms with Gasteiger partial charge in [0.15, 0.2) is 11.7 Å². The Kier molecular flexibility index (Phi) is 7.99. The largest absolute Gasteiger partial charge is 0.482 e. The molecule has 2 heterocycles. The number of rotatable bonds is 7. The number of carbonyl (C=O) groups excluding carboxylic acids is 1. The van der Waals surface area contributed by atoms with E-state index < -0.39 is 23.5 Å². The van der Waals surface area contributed by atoms with Crippen LogP contribution in [0.25, 0.3) is 10.2 Å². The van der Waals surface area contributed by atoms with Gasteiger partial charge < -0.3 is 14.4 Å². The quantitative estimate of drug-likeness (QED) is 0.304. The van der Waals surface area contributed by atoms with E-state index in [2.05, 4.69) is 16.0 Å². The van der Waals surface area contributed by atoms with Crippen molar-refractivity contribution in [1.29, 1.82) is 0 Å². The summed E-state index contributed by atoms with van der Waals surface area (Å²) in [4.78, 5) is 20.3. The molecule has 194 valence electrons. The van der Waals surface area contributed by atoms with Gasteiger partial charge in [-0.25, -0.2) is 14.2 Å². The summed E-state index contributed by atoms with van der Waals surface area (Å²) >= 11 is 1.15. The summed E-state index contributed by atoms with van der Waals surface area (Å²) in [6.45, 7) is 7.45. The molecule has 11 heteroatoms. The van der Waals surface area contributed by atoms with Gasteiger partial charge in [0.25, 0.3) is 0 Å². The minimum Gasteiger partial charge on any atom is -0.482 e. The Morgan fingerprint density at radius 1 is 1.11 bits per heavy atom. The first-order valence-corrected chi connectivity index (χ1v) is 12.5. The molecule has 0 unspecified atom stereocenters. The first-order valence-electron chi connectivity index (χ1n) is 11.7. The van der Waals surface area contributed by atoms with Gasteiger partial charge in [0.05, 0.1) is 22.4 Å². The van der Waals surface area contributed by atoms with Crippen LogP contribution in [0.4, 0.5) is 22.7 Å². The van der Waals surface area contributed by atoms with E-state index in [9.17, 15) is 22.4 Å². The predicted octanol–water partition coefficient (Wildman–Crippen LogP) is 5.42. The highest BCUT2D eigenvalue weighted by atomic mass is 32.1. The van der Waals surface area contributed by atoms with Crippen molar-refractivity contribution in [2.75, 3.05) is 44.3 Å². The van der Waals surface area contributed by atoms with Crippen molar-refractivity contribution < 1.29 is 31.8 Å². The molecule has 0 radical (unpaired) electrons. The predicted molar refractivity (Wildman–Crippen MR) is 130 cm³/mol. The minimum absolute atomic E-state index is 0.147. The highest BCUT2D eigenvalue weighted by Gasteiger charge is 2.35. The van der Waals surface area contributed by atoms with Gasteiger partial charge in [-0.05, 0) is 49.6 Å². The molecular formula is C25H27F4N3O3S. The molecule has 0 spiro atoms. The van der Waals surface area contributed by atoms with Crippen LogP contribution in [0.3, 0.4) is 0 Å². The number of alkyl halides is 3. The monoisotopic (exact) mass is 525 g/mol. The lowest BCUT2D eigenvalue weighted by Gasteiger charge is -2.22. The van der Waals surface area contributed by atoms with Crippen molar-refractivity contribution >= 4 is 32.7 Å². The van der Waals surface area contributed by atoms with Crippen LogP contribution in [0.2, 0.25) is 0 Å². The van der Waals surface area contributed by atoms with E-state index in [1.54, 1.807) is 6.92 Å². The van der Waals surface area contributed by atoms with E-state index >= 15 is 0 Å². The molecular weight excluding hydrogens is 498 g/mol. The molecule has 2 aromatic carbocycles. The number of esters is 1. The Balaban J connectivity index is 1.41. The number of hydrogen-bond acceptors (Lipinski definition) is 7. The number of hydrogen-bond donors (Lipinski definition) is 0. The van der Waals surface area contributed by atoms with Crippen LogP contribution >= 0.6 is 11.3 Å². The highest BCUT2D eigenvalue weighted by Crippen LogP contribution is 2.37. The third-order valence-corrected chi connectivity index (χ3v) is 6.89. The maximum atomic E-state index is 14.0. The van der Waals surface area contributed by atoms with E-state index in [0.717, 1.165) is 54.1 Å². The molecule has 1 aliphatic rings. The Morgan fingerprint density at radius 3 is 2.67 bits per heavy atom. The number of halogens is 4. The van der Waals surface area contributed by atoms with Crippen LogP contribution in [-0.4, -0.2) is 55.2 Å². The molecule has 1 saturated heterocycles. The normalized spacial score (nSPS) is 15.2. The smallest absolute Gasteiger partial charge is 0.419 e. The molecule has 0 amide bonds. The lowest BCUT2D eigenvalue weighted by Crippen LogP contribution is -2.30. The summed E-state index contributed by atoms with van der Waals surface area (Å²) in [7, 11) is 0. The van der Waals surface area contributed by atoms with E-state index in [1.807, 2.05) is 24.0 Å². The average molecular weight is 526 g/mol. The Morgan fingerprint density at radius 2 is 1.92 bits per heavy atom. The number of anilines is 1. The number of fused-ring (bicyclic) bond motifs is 1. The van der Waals surface area contributed by atoms with Crippen molar-refractivity contribution in [2.24, 2.45) is 0 Å². The maximum absolute atomic E-state index is 14.0. The van der Waals surface area contributed by atoms with Crippen LogP contribution in [0.1, 0.15) is 30.0 Å². The third kappa shape index (κ3) is 6.44. The molecule has 1 fully saturated rings. The average Bonchev–Trinajstić information content (AvgIpc) is 3.06. The maximum Gasteiger partial charge on any atom is 0.419 e. The zero-order valence-electron chi connectivity index (χ0n) is 20.0. The van der Waals surface area contributed by atoms with Crippen LogP contribution in [0.15, 0.2) is 30.3 Å². The Labute approximate surface area is 210 Å². The summed E-state index contributed by atoms with van der Waals surface area (Å²) in [6, 6.07) is 7.55. The Bertz CT molecular complexity index is 1230. The van der Waals surface area contributed by atoms with Gasteiger partial charge in [-0.15, -0.1) is 0 Å². The number of aromatic nitrogens is 1. The fraction of sp³-hybridized carbons (Fsp3) is 0.440. The second-order valence-electron chi connectivity index (χ2n) is 8.66. The van der Waals surface area contributed by atoms with Gasteiger partial charge in [-0.1, -0.05) is 17.4 Å². The van der Waals surface area contributed by atoms with Crippen molar-refractivity contribution in [3.05, 3.63) is 52.8 Å². The van der Waals surface area contributed by atoms with Crippen LogP contribution < -0.4 is 9.64 Å². The first-order chi connectivity index (χ1) is 17.1. The molecule has 0 bridgehead atoms.